The number of hydrogen-bond acceptors (Lipinski definition) is 3. The molecule has 0 aliphatic rings. The number of hydrogen-bond donors (Lipinski definition) is 1. The second-order valence-corrected chi connectivity index (χ2v) is 3.48. The minimum Gasteiger partial charge on any atom is -0.478 e. The van der Waals surface area contributed by atoms with E-state index in [1.54, 1.807) is 12.1 Å². The van der Waals surface area contributed by atoms with Crippen LogP contribution in [0.4, 0.5) is 5.69 Å². The smallest absolute Gasteiger partial charge is 0.328 e. The molecule has 0 spiro atoms. The quantitative estimate of drug-likeness (QED) is 0.617. The van der Waals surface area contributed by atoms with Crippen LogP contribution in [0.1, 0.15) is 10.4 Å². The molecule has 1 rings (SSSR count). The number of anilines is 1. The van der Waals surface area contributed by atoms with E-state index < -0.39 is 5.97 Å². The number of aliphatic carboxylic acids is 1. The first-order chi connectivity index (χ1) is 7.50. The van der Waals surface area contributed by atoms with Gasteiger partial charge in [-0.15, -0.1) is 0 Å². The molecule has 1 aromatic rings. The van der Waals surface area contributed by atoms with Crippen molar-refractivity contribution in [1.82, 2.24) is 0 Å². The minimum atomic E-state index is -1.13. The molecule has 4 heteroatoms. The lowest BCUT2D eigenvalue weighted by molar-refractivity contribution is -0.131. The Bertz CT molecular complexity index is 418. The summed E-state index contributed by atoms with van der Waals surface area (Å²) in [7, 11) is 3.81. The number of carbonyl (C=O) groups is 2. The highest BCUT2D eigenvalue weighted by Gasteiger charge is 2.02. The first-order valence-corrected chi connectivity index (χ1v) is 4.73. The summed E-state index contributed by atoms with van der Waals surface area (Å²) >= 11 is 0. The molecule has 0 unspecified atom stereocenters. The number of carboxylic acids is 1. The van der Waals surface area contributed by atoms with Crippen LogP contribution >= 0.6 is 0 Å². The Morgan fingerprint density at radius 2 is 1.69 bits per heavy atom. The van der Waals surface area contributed by atoms with Gasteiger partial charge in [0.05, 0.1) is 0 Å². The molecule has 0 fully saturated rings. The molecule has 0 bridgehead atoms. The summed E-state index contributed by atoms with van der Waals surface area (Å²) in [6, 6.07) is 6.96. The van der Waals surface area contributed by atoms with Crippen LogP contribution in [0.25, 0.3) is 0 Å². The predicted octanol–water partition coefficient (Wildman–Crippen LogP) is 1.58. The van der Waals surface area contributed by atoms with E-state index in [0.717, 1.165) is 17.8 Å². The van der Waals surface area contributed by atoms with Gasteiger partial charge in [-0.3, -0.25) is 4.79 Å². The number of carboxylic acid groups (broad SMARTS) is 1. The molecule has 0 aliphatic carbocycles. The van der Waals surface area contributed by atoms with Crippen molar-refractivity contribution in [3.8, 4) is 0 Å². The summed E-state index contributed by atoms with van der Waals surface area (Å²) in [5.41, 5.74) is 1.46. The molecule has 1 aromatic carbocycles. The van der Waals surface area contributed by atoms with E-state index in [4.69, 9.17) is 5.11 Å². The lowest BCUT2D eigenvalue weighted by atomic mass is 10.1. The number of ketones is 1. The normalized spacial score (nSPS) is 10.4. The van der Waals surface area contributed by atoms with E-state index in [1.165, 1.54) is 0 Å². The number of carbonyl (C=O) groups excluding carboxylic acids is 1. The Hall–Kier alpha value is -2.10. The van der Waals surface area contributed by atoms with Crippen LogP contribution < -0.4 is 4.90 Å². The Kier molecular flexibility index (Phi) is 3.83. The van der Waals surface area contributed by atoms with Gasteiger partial charge in [0, 0.05) is 31.4 Å². The molecule has 0 atom stereocenters. The van der Waals surface area contributed by atoms with Crippen molar-refractivity contribution >= 4 is 17.4 Å². The molecular formula is C12H13NO3. The van der Waals surface area contributed by atoms with Gasteiger partial charge in [-0.05, 0) is 30.3 Å². The van der Waals surface area contributed by atoms with Crippen molar-refractivity contribution in [3.05, 3.63) is 42.0 Å². The maximum atomic E-state index is 11.5. The summed E-state index contributed by atoms with van der Waals surface area (Å²) in [5.74, 6) is -1.44. The van der Waals surface area contributed by atoms with Crippen LogP contribution in [0.3, 0.4) is 0 Å². The Morgan fingerprint density at radius 3 is 2.12 bits per heavy atom. The third-order valence-electron chi connectivity index (χ3n) is 2.05. The lowest BCUT2D eigenvalue weighted by Gasteiger charge is -2.11. The summed E-state index contributed by atoms with van der Waals surface area (Å²) in [4.78, 5) is 23.6. The van der Waals surface area contributed by atoms with E-state index in [9.17, 15) is 9.59 Å². The van der Waals surface area contributed by atoms with E-state index in [2.05, 4.69) is 0 Å². The first-order valence-electron chi connectivity index (χ1n) is 4.73. The van der Waals surface area contributed by atoms with Crippen LogP contribution in [0, 0.1) is 0 Å². The van der Waals surface area contributed by atoms with Crippen molar-refractivity contribution in [1.29, 1.82) is 0 Å². The van der Waals surface area contributed by atoms with E-state index in [0.29, 0.717) is 5.56 Å². The molecule has 1 N–H and O–H groups in total. The van der Waals surface area contributed by atoms with Gasteiger partial charge < -0.3 is 10.0 Å². The SMILES string of the molecule is CN(C)c1ccc(C(=O)/C=C/C(=O)O)cc1. The maximum Gasteiger partial charge on any atom is 0.328 e. The van der Waals surface area contributed by atoms with Crippen LogP contribution in [-0.4, -0.2) is 31.0 Å². The second kappa shape index (κ2) is 5.11. The molecular weight excluding hydrogens is 206 g/mol. The van der Waals surface area contributed by atoms with E-state index >= 15 is 0 Å². The molecule has 0 aromatic heterocycles. The molecule has 4 nitrogen and oxygen atoms in total. The zero-order valence-corrected chi connectivity index (χ0v) is 9.18. The highest BCUT2D eigenvalue weighted by Crippen LogP contribution is 2.12. The van der Waals surface area contributed by atoms with Crippen molar-refractivity contribution in [2.75, 3.05) is 19.0 Å². The van der Waals surface area contributed by atoms with Gasteiger partial charge in [-0.2, -0.15) is 0 Å². The first kappa shape index (κ1) is 12.0. The number of nitrogens with zero attached hydrogens (tertiary/aromatic N) is 1. The van der Waals surface area contributed by atoms with E-state index in [1.807, 2.05) is 31.1 Å². The third-order valence-corrected chi connectivity index (χ3v) is 2.05. The minimum absolute atomic E-state index is 0.312. The highest BCUT2D eigenvalue weighted by molar-refractivity contribution is 6.06. The van der Waals surface area contributed by atoms with Crippen LogP contribution in [0.15, 0.2) is 36.4 Å². The second-order valence-electron chi connectivity index (χ2n) is 3.48. The van der Waals surface area contributed by atoms with Gasteiger partial charge in [0.1, 0.15) is 0 Å². The van der Waals surface area contributed by atoms with Gasteiger partial charge >= 0.3 is 5.97 Å². The van der Waals surface area contributed by atoms with Crippen molar-refractivity contribution in [2.45, 2.75) is 0 Å². The van der Waals surface area contributed by atoms with Gasteiger partial charge in [0.2, 0.25) is 0 Å². The summed E-state index contributed by atoms with van der Waals surface area (Å²) in [5, 5.41) is 8.38. The fourth-order valence-corrected chi connectivity index (χ4v) is 1.17. The van der Waals surface area contributed by atoms with Crippen LogP contribution in [-0.2, 0) is 4.79 Å². The van der Waals surface area contributed by atoms with Crippen molar-refractivity contribution in [3.63, 3.8) is 0 Å². The average molecular weight is 219 g/mol. The zero-order valence-electron chi connectivity index (χ0n) is 9.18. The molecule has 0 radical (unpaired) electrons. The van der Waals surface area contributed by atoms with Gasteiger partial charge in [-0.1, -0.05) is 0 Å². The molecule has 0 heterocycles. The van der Waals surface area contributed by atoms with Crippen LogP contribution in [0.5, 0.6) is 0 Å². The molecule has 0 saturated carbocycles. The Balaban J connectivity index is 2.82. The molecule has 0 amide bonds. The zero-order chi connectivity index (χ0) is 12.1. The Morgan fingerprint density at radius 1 is 1.12 bits per heavy atom. The summed E-state index contributed by atoms with van der Waals surface area (Å²) in [6.45, 7) is 0. The van der Waals surface area contributed by atoms with Gasteiger partial charge in [0.25, 0.3) is 0 Å². The molecule has 16 heavy (non-hydrogen) atoms. The largest absolute Gasteiger partial charge is 0.478 e. The Labute approximate surface area is 93.8 Å². The average Bonchev–Trinajstić information content (AvgIpc) is 2.26. The fourth-order valence-electron chi connectivity index (χ4n) is 1.17. The highest BCUT2D eigenvalue weighted by atomic mass is 16.4. The third kappa shape index (κ3) is 3.24. The number of rotatable bonds is 4. The van der Waals surface area contributed by atoms with Gasteiger partial charge in [0.15, 0.2) is 5.78 Å². The molecule has 0 aliphatic heterocycles. The standard InChI is InChI=1S/C12H13NO3/c1-13(2)10-5-3-9(4-6-10)11(14)7-8-12(15)16/h3-8H,1-2H3,(H,15,16)/b8-7+. The number of allylic oxidation sites excluding steroid dienone is 1. The number of benzene rings is 1. The predicted molar refractivity (Wildman–Crippen MR) is 61.9 cm³/mol. The molecule has 0 saturated heterocycles. The monoisotopic (exact) mass is 219 g/mol. The topological polar surface area (TPSA) is 57.6 Å². The fraction of sp³-hybridized carbons (Fsp3) is 0.167. The summed E-state index contributed by atoms with van der Waals surface area (Å²) < 4.78 is 0. The lowest BCUT2D eigenvalue weighted by Crippen LogP contribution is -2.08. The summed E-state index contributed by atoms with van der Waals surface area (Å²) in [6.07, 6.45) is 1.88. The van der Waals surface area contributed by atoms with Gasteiger partial charge in [-0.25, -0.2) is 4.79 Å². The van der Waals surface area contributed by atoms with Crippen molar-refractivity contribution < 1.29 is 14.7 Å². The van der Waals surface area contributed by atoms with E-state index in [-0.39, 0.29) is 5.78 Å². The van der Waals surface area contributed by atoms with Crippen LogP contribution in [0.2, 0.25) is 0 Å². The van der Waals surface area contributed by atoms with Crippen molar-refractivity contribution in [2.24, 2.45) is 0 Å². The maximum absolute atomic E-state index is 11.5. The molecule has 84 valence electrons.